The van der Waals surface area contributed by atoms with Crippen molar-refractivity contribution in [3.63, 3.8) is 0 Å². The molecular formula is C17H24O4. The lowest BCUT2D eigenvalue weighted by Crippen LogP contribution is -2.38. The van der Waals surface area contributed by atoms with E-state index in [4.69, 9.17) is 9.47 Å². The topological polar surface area (TPSA) is 52.6 Å². The minimum atomic E-state index is -1.19. The average molecular weight is 292 g/mol. The maximum atomic E-state index is 12.2. The highest BCUT2D eigenvalue weighted by Gasteiger charge is 2.37. The molecule has 1 rings (SSSR count). The number of carbonyl (C=O) groups excluding carboxylic acids is 2. The van der Waals surface area contributed by atoms with Gasteiger partial charge in [0.2, 0.25) is 0 Å². The highest BCUT2D eigenvalue weighted by molar-refractivity contribution is 6.03. The quantitative estimate of drug-likeness (QED) is 0.597. The molecule has 0 heterocycles. The predicted octanol–water partition coefficient (Wildman–Crippen LogP) is 3.15. The van der Waals surface area contributed by atoms with Gasteiger partial charge < -0.3 is 9.47 Å². The summed E-state index contributed by atoms with van der Waals surface area (Å²) in [5.41, 5.74) is 1.92. The minimum absolute atomic E-state index is 0.142. The molecular weight excluding hydrogens is 268 g/mol. The second-order valence-electron chi connectivity index (χ2n) is 5.79. The monoisotopic (exact) mass is 292 g/mol. The van der Waals surface area contributed by atoms with Crippen molar-refractivity contribution in [2.45, 2.75) is 41.5 Å². The van der Waals surface area contributed by atoms with E-state index in [-0.39, 0.29) is 19.0 Å². The van der Waals surface area contributed by atoms with Gasteiger partial charge in [0.05, 0.1) is 6.61 Å². The Hall–Kier alpha value is -1.84. The van der Waals surface area contributed by atoms with E-state index in [9.17, 15) is 9.59 Å². The third-order valence-corrected chi connectivity index (χ3v) is 3.44. The number of benzene rings is 1. The molecule has 0 bridgehead atoms. The minimum Gasteiger partial charge on any atom is -0.485 e. The Labute approximate surface area is 126 Å². The molecule has 0 saturated heterocycles. The fraction of sp³-hybridized carbons (Fsp3) is 0.529. The summed E-state index contributed by atoms with van der Waals surface area (Å²) in [7, 11) is 0. The molecule has 21 heavy (non-hydrogen) atoms. The molecule has 0 aliphatic rings. The van der Waals surface area contributed by atoms with Crippen LogP contribution < -0.4 is 4.74 Å². The molecule has 1 aromatic rings. The fourth-order valence-corrected chi connectivity index (χ4v) is 2.14. The molecule has 1 aromatic carbocycles. The molecule has 0 aromatic heterocycles. The van der Waals surface area contributed by atoms with Gasteiger partial charge in [0.25, 0.3) is 0 Å². The van der Waals surface area contributed by atoms with Crippen LogP contribution in [0, 0.1) is 26.2 Å². The van der Waals surface area contributed by atoms with Crippen LogP contribution in [0.1, 0.15) is 37.5 Å². The normalized spacial score (nSPS) is 11.1. The van der Waals surface area contributed by atoms with Crippen LogP contribution in [0.4, 0.5) is 0 Å². The van der Waals surface area contributed by atoms with E-state index in [0.717, 1.165) is 16.7 Å². The molecule has 116 valence electrons. The van der Waals surface area contributed by atoms with Gasteiger partial charge in [-0.3, -0.25) is 9.59 Å². The number of aryl methyl sites for hydroxylation is 3. The Morgan fingerprint density at radius 1 is 1.10 bits per heavy atom. The summed E-state index contributed by atoms with van der Waals surface area (Å²) in [6.07, 6.45) is 0. The number of hydrogen-bond donors (Lipinski definition) is 0. The van der Waals surface area contributed by atoms with Crippen molar-refractivity contribution in [3.8, 4) is 5.75 Å². The predicted molar refractivity (Wildman–Crippen MR) is 81.6 cm³/mol. The Bertz CT molecular complexity index is 521. The molecule has 0 unspecified atom stereocenters. The summed E-state index contributed by atoms with van der Waals surface area (Å²) in [5.74, 6) is -0.107. The molecule has 0 atom stereocenters. The van der Waals surface area contributed by atoms with E-state index < -0.39 is 11.4 Å². The Balaban J connectivity index is 2.80. The lowest BCUT2D eigenvalue weighted by Gasteiger charge is -2.21. The maximum Gasteiger partial charge on any atom is 0.319 e. The van der Waals surface area contributed by atoms with Crippen LogP contribution in [0.2, 0.25) is 0 Å². The number of rotatable bonds is 6. The van der Waals surface area contributed by atoms with Gasteiger partial charge in [-0.2, -0.15) is 0 Å². The Morgan fingerprint density at radius 2 is 1.62 bits per heavy atom. The zero-order valence-corrected chi connectivity index (χ0v) is 13.7. The van der Waals surface area contributed by atoms with E-state index in [1.807, 2.05) is 32.9 Å². The highest BCUT2D eigenvalue weighted by Crippen LogP contribution is 2.26. The van der Waals surface area contributed by atoms with Crippen molar-refractivity contribution in [3.05, 3.63) is 28.8 Å². The second-order valence-corrected chi connectivity index (χ2v) is 5.79. The third-order valence-electron chi connectivity index (χ3n) is 3.44. The van der Waals surface area contributed by atoms with Crippen molar-refractivity contribution < 1.29 is 19.1 Å². The Kier molecular flexibility index (Phi) is 5.53. The van der Waals surface area contributed by atoms with Crippen molar-refractivity contribution >= 4 is 11.8 Å². The van der Waals surface area contributed by atoms with Crippen molar-refractivity contribution in [1.82, 2.24) is 0 Å². The van der Waals surface area contributed by atoms with Crippen LogP contribution in [-0.4, -0.2) is 25.0 Å². The molecule has 0 saturated carbocycles. The second kappa shape index (κ2) is 6.74. The average Bonchev–Trinajstić information content (AvgIpc) is 2.37. The largest absolute Gasteiger partial charge is 0.485 e. The van der Waals surface area contributed by atoms with Crippen LogP contribution in [-0.2, 0) is 14.3 Å². The van der Waals surface area contributed by atoms with Gasteiger partial charge in [0.15, 0.2) is 5.78 Å². The number of ketones is 1. The first-order valence-electron chi connectivity index (χ1n) is 7.11. The lowest BCUT2D eigenvalue weighted by molar-refractivity contribution is -0.158. The van der Waals surface area contributed by atoms with Gasteiger partial charge in [0.1, 0.15) is 17.8 Å². The van der Waals surface area contributed by atoms with E-state index in [2.05, 4.69) is 0 Å². The van der Waals surface area contributed by atoms with Crippen LogP contribution in [0.15, 0.2) is 12.1 Å². The van der Waals surface area contributed by atoms with Crippen LogP contribution in [0.5, 0.6) is 5.75 Å². The van der Waals surface area contributed by atoms with Gasteiger partial charge >= 0.3 is 5.97 Å². The first kappa shape index (κ1) is 17.2. The first-order valence-corrected chi connectivity index (χ1v) is 7.11. The summed E-state index contributed by atoms with van der Waals surface area (Å²) in [5, 5.41) is 0. The van der Waals surface area contributed by atoms with E-state index >= 15 is 0 Å². The number of carbonyl (C=O) groups is 2. The van der Waals surface area contributed by atoms with Gasteiger partial charge in [-0.15, -0.1) is 0 Å². The molecule has 0 aliphatic carbocycles. The highest BCUT2D eigenvalue weighted by atomic mass is 16.5. The molecule has 0 N–H and O–H groups in total. The van der Waals surface area contributed by atoms with Crippen LogP contribution >= 0.6 is 0 Å². The molecule has 4 nitrogen and oxygen atoms in total. The number of esters is 1. The van der Waals surface area contributed by atoms with Crippen molar-refractivity contribution in [1.29, 1.82) is 0 Å². The molecule has 0 spiro atoms. The standard InChI is InChI=1S/C17H24O4/c1-7-20-16(19)17(5,6)14(18)10-21-15-12(3)8-11(2)9-13(15)4/h8-9H,7,10H2,1-6H3. The van der Waals surface area contributed by atoms with E-state index in [1.165, 1.54) is 0 Å². The molecule has 0 aliphatic heterocycles. The van der Waals surface area contributed by atoms with E-state index in [1.54, 1.807) is 20.8 Å². The summed E-state index contributed by atoms with van der Waals surface area (Å²) in [4.78, 5) is 24.0. The van der Waals surface area contributed by atoms with Crippen molar-refractivity contribution in [2.75, 3.05) is 13.2 Å². The number of Topliss-reactive ketones (excluding diaryl/α,β-unsaturated/α-hetero) is 1. The molecule has 4 heteroatoms. The number of ether oxygens (including phenoxy) is 2. The summed E-state index contributed by atoms with van der Waals surface area (Å²) >= 11 is 0. The Morgan fingerprint density at radius 3 is 2.10 bits per heavy atom. The van der Waals surface area contributed by atoms with Crippen LogP contribution in [0.25, 0.3) is 0 Å². The summed E-state index contributed by atoms with van der Waals surface area (Å²) in [6, 6.07) is 4.01. The zero-order valence-electron chi connectivity index (χ0n) is 13.7. The van der Waals surface area contributed by atoms with Crippen LogP contribution in [0.3, 0.4) is 0 Å². The maximum absolute atomic E-state index is 12.2. The first-order chi connectivity index (χ1) is 9.70. The van der Waals surface area contributed by atoms with E-state index in [0.29, 0.717) is 5.75 Å². The lowest BCUT2D eigenvalue weighted by atomic mass is 9.88. The smallest absolute Gasteiger partial charge is 0.319 e. The van der Waals surface area contributed by atoms with Crippen molar-refractivity contribution in [2.24, 2.45) is 5.41 Å². The SMILES string of the molecule is CCOC(=O)C(C)(C)C(=O)COc1c(C)cc(C)cc1C. The summed E-state index contributed by atoms with van der Waals surface area (Å²) < 4.78 is 10.6. The molecule has 0 amide bonds. The summed E-state index contributed by atoms with van der Waals surface area (Å²) in [6.45, 7) is 10.8. The fourth-order valence-electron chi connectivity index (χ4n) is 2.14. The van der Waals surface area contributed by atoms with Gasteiger partial charge in [0, 0.05) is 0 Å². The number of hydrogen-bond acceptors (Lipinski definition) is 4. The molecule has 0 radical (unpaired) electrons. The zero-order chi connectivity index (χ0) is 16.2. The van der Waals surface area contributed by atoms with Gasteiger partial charge in [-0.1, -0.05) is 17.7 Å². The molecule has 0 fully saturated rings. The third kappa shape index (κ3) is 4.06. The van der Waals surface area contributed by atoms with Gasteiger partial charge in [-0.25, -0.2) is 0 Å². The van der Waals surface area contributed by atoms with Gasteiger partial charge in [-0.05, 0) is 52.7 Å².